The highest BCUT2D eigenvalue weighted by Gasteiger charge is 2.20. The molecule has 0 unspecified atom stereocenters. The topological polar surface area (TPSA) is 115 Å². The van der Waals surface area contributed by atoms with Crippen LogP contribution in [-0.4, -0.2) is 36.6 Å². The summed E-state index contributed by atoms with van der Waals surface area (Å²) in [6.07, 6.45) is 3.53. The highest BCUT2D eigenvalue weighted by atomic mass is 79.9. The Kier molecular flexibility index (Phi) is 7.15. The number of benzene rings is 2. The number of aryl methyl sites for hydroxylation is 1. The molecule has 0 fully saturated rings. The lowest BCUT2D eigenvalue weighted by atomic mass is 10.0. The molecule has 0 saturated heterocycles. The van der Waals surface area contributed by atoms with E-state index in [1.165, 1.54) is 0 Å². The number of furan rings is 1. The molecule has 0 aliphatic heterocycles. The second kappa shape index (κ2) is 10.6. The van der Waals surface area contributed by atoms with E-state index in [-0.39, 0.29) is 0 Å². The molecule has 184 valence electrons. The summed E-state index contributed by atoms with van der Waals surface area (Å²) in [5.41, 5.74) is 4.26. The molecular formula is C25H23BrClN7O2. The first-order chi connectivity index (χ1) is 17.6. The molecule has 2 aromatic carbocycles. The van der Waals surface area contributed by atoms with Crippen LogP contribution < -0.4 is 5.32 Å². The van der Waals surface area contributed by atoms with Gasteiger partial charge in [0.2, 0.25) is 12.2 Å². The Hall–Kier alpha value is -3.50. The van der Waals surface area contributed by atoms with Gasteiger partial charge in [-0.2, -0.15) is 5.21 Å². The average Bonchev–Trinajstić information content (AvgIpc) is 3.61. The van der Waals surface area contributed by atoms with E-state index < -0.39 is 0 Å². The number of H-pyrrole nitrogens is 1. The first-order valence-corrected chi connectivity index (χ1v) is 12.7. The molecule has 9 nitrogen and oxygen atoms in total. The molecule has 3 aromatic heterocycles. The molecule has 0 atom stereocenters. The number of nitrogens with one attached hydrogen (secondary N) is 2. The molecule has 36 heavy (non-hydrogen) atoms. The number of halogens is 2. The Balaban J connectivity index is 1.54. The van der Waals surface area contributed by atoms with Crippen LogP contribution in [0.1, 0.15) is 36.8 Å². The normalized spacial score (nSPS) is 11.3. The summed E-state index contributed by atoms with van der Waals surface area (Å²) >= 11 is 10.2. The van der Waals surface area contributed by atoms with Crippen LogP contribution in [0.2, 0.25) is 5.15 Å². The Morgan fingerprint density at radius 3 is 2.81 bits per heavy atom. The van der Waals surface area contributed by atoms with Crippen molar-refractivity contribution in [2.75, 3.05) is 0 Å². The van der Waals surface area contributed by atoms with Crippen molar-refractivity contribution in [1.29, 1.82) is 0 Å². The predicted molar refractivity (Wildman–Crippen MR) is 140 cm³/mol. The number of imidazole rings is 1. The fraction of sp³-hybridized carbons (Fsp3) is 0.240. The largest absolute Gasteiger partial charge is 0.455 e. The van der Waals surface area contributed by atoms with Crippen molar-refractivity contribution in [1.82, 2.24) is 35.5 Å². The molecule has 0 aliphatic carbocycles. The molecule has 0 bridgehead atoms. The van der Waals surface area contributed by atoms with E-state index in [0.29, 0.717) is 36.2 Å². The fourth-order valence-electron chi connectivity index (χ4n) is 4.25. The van der Waals surface area contributed by atoms with Gasteiger partial charge in [-0.1, -0.05) is 55.3 Å². The van der Waals surface area contributed by atoms with Gasteiger partial charge < -0.3 is 14.3 Å². The number of hydrogen-bond donors (Lipinski definition) is 2. The van der Waals surface area contributed by atoms with Gasteiger partial charge in [0.15, 0.2) is 5.15 Å². The number of aromatic amines is 1. The summed E-state index contributed by atoms with van der Waals surface area (Å²) in [5, 5.41) is 18.5. The third-order valence-electron chi connectivity index (χ3n) is 6.00. The maximum Gasteiger partial charge on any atom is 0.207 e. The lowest BCUT2D eigenvalue weighted by Crippen LogP contribution is -2.16. The van der Waals surface area contributed by atoms with Crippen LogP contribution >= 0.6 is 27.5 Å². The van der Waals surface area contributed by atoms with Gasteiger partial charge in [0, 0.05) is 29.5 Å². The number of amides is 1. The summed E-state index contributed by atoms with van der Waals surface area (Å²) in [6.45, 7) is 3.02. The zero-order chi connectivity index (χ0) is 25.1. The third-order valence-corrected chi connectivity index (χ3v) is 7.09. The Morgan fingerprint density at radius 1 is 1.22 bits per heavy atom. The first kappa shape index (κ1) is 24.2. The van der Waals surface area contributed by atoms with Crippen molar-refractivity contribution in [3.05, 3.63) is 69.2 Å². The van der Waals surface area contributed by atoms with E-state index in [1.54, 1.807) is 0 Å². The minimum atomic E-state index is 0.316. The van der Waals surface area contributed by atoms with Crippen molar-refractivity contribution >= 4 is 44.9 Å². The second-order valence-electron chi connectivity index (χ2n) is 8.31. The highest BCUT2D eigenvalue weighted by molar-refractivity contribution is 9.10. The van der Waals surface area contributed by atoms with E-state index in [9.17, 15) is 4.79 Å². The van der Waals surface area contributed by atoms with Gasteiger partial charge in [0.25, 0.3) is 0 Å². The number of carbonyl (C=O) groups excluding carboxylic acids is 1. The van der Waals surface area contributed by atoms with Crippen LogP contribution in [0.4, 0.5) is 0 Å². The summed E-state index contributed by atoms with van der Waals surface area (Å²) in [6, 6.07) is 13.9. The van der Waals surface area contributed by atoms with Crippen LogP contribution in [0.3, 0.4) is 0 Å². The summed E-state index contributed by atoms with van der Waals surface area (Å²) in [5.74, 6) is 2.09. The lowest BCUT2D eigenvalue weighted by Gasteiger charge is -2.12. The zero-order valence-corrected chi connectivity index (χ0v) is 21.8. The standard InChI is InChI=1S/C25H23BrClN7O2/c1-2-3-8-21-29-24(27)19(12-28-14-35)34(21)13-15-9-10-20-18(11-15)22(26)23(36-20)16-6-4-5-7-17(16)25-30-32-33-31-25/h4-7,9-11,14H,2-3,8,12-13H2,1H3,(H,28,35)(H,30,31,32,33). The molecule has 5 aromatic rings. The number of rotatable bonds is 10. The van der Waals surface area contributed by atoms with Crippen LogP contribution in [-0.2, 0) is 24.3 Å². The van der Waals surface area contributed by atoms with Gasteiger partial charge in [-0.15, -0.1) is 10.2 Å². The maximum atomic E-state index is 10.9. The third kappa shape index (κ3) is 4.66. The van der Waals surface area contributed by atoms with Crippen molar-refractivity contribution in [3.63, 3.8) is 0 Å². The van der Waals surface area contributed by atoms with E-state index >= 15 is 0 Å². The van der Waals surface area contributed by atoms with E-state index in [1.807, 2.05) is 36.4 Å². The summed E-state index contributed by atoms with van der Waals surface area (Å²) < 4.78 is 9.20. The molecule has 11 heteroatoms. The Morgan fingerprint density at radius 2 is 2.06 bits per heavy atom. The maximum absolute atomic E-state index is 10.9. The minimum Gasteiger partial charge on any atom is -0.455 e. The van der Waals surface area contributed by atoms with Crippen LogP contribution in [0.5, 0.6) is 0 Å². The van der Waals surface area contributed by atoms with E-state index in [4.69, 9.17) is 16.0 Å². The van der Waals surface area contributed by atoms with Crippen molar-refractivity contribution < 1.29 is 9.21 Å². The van der Waals surface area contributed by atoms with Crippen molar-refractivity contribution in [2.45, 2.75) is 39.3 Å². The number of nitrogens with zero attached hydrogens (tertiary/aromatic N) is 5. The number of unbranched alkanes of at least 4 members (excludes halogenated alkanes) is 1. The van der Waals surface area contributed by atoms with Gasteiger partial charge in [0.05, 0.1) is 16.7 Å². The smallest absolute Gasteiger partial charge is 0.207 e. The lowest BCUT2D eigenvalue weighted by molar-refractivity contribution is -0.109. The molecule has 2 N–H and O–H groups in total. The predicted octanol–water partition coefficient (Wildman–Crippen LogP) is 5.53. The minimum absolute atomic E-state index is 0.316. The zero-order valence-electron chi connectivity index (χ0n) is 19.5. The molecule has 0 spiro atoms. The van der Waals surface area contributed by atoms with Crippen LogP contribution in [0.25, 0.3) is 33.7 Å². The average molecular weight is 569 g/mol. The molecule has 0 saturated carbocycles. The van der Waals surface area contributed by atoms with E-state index in [2.05, 4.69) is 64.4 Å². The summed E-state index contributed by atoms with van der Waals surface area (Å²) in [4.78, 5) is 15.5. The highest BCUT2D eigenvalue weighted by Crippen LogP contribution is 2.41. The van der Waals surface area contributed by atoms with Gasteiger partial charge in [-0.3, -0.25) is 4.79 Å². The Bertz CT molecular complexity index is 1510. The molecule has 1 amide bonds. The Labute approximate surface area is 220 Å². The van der Waals surface area contributed by atoms with Crippen LogP contribution in [0, 0.1) is 0 Å². The molecule has 3 heterocycles. The van der Waals surface area contributed by atoms with Crippen molar-refractivity contribution in [3.8, 4) is 22.7 Å². The van der Waals surface area contributed by atoms with E-state index in [0.717, 1.165) is 62.9 Å². The van der Waals surface area contributed by atoms with Gasteiger partial charge >= 0.3 is 0 Å². The fourth-order valence-corrected chi connectivity index (χ4v) is 5.12. The molecule has 5 rings (SSSR count). The number of aromatic nitrogens is 6. The molecular weight excluding hydrogens is 546 g/mol. The number of hydrogen-bond acceptors (Lipinski definition) is 6. The van der Waals surface area contributed by atoms with Crippen LogP contribution in [0.15, 0.2) is 51.4 Å². The molecule has 0 aliphatic rings. The van der Waals surface area contributed by atoms with Gasteiger partial charge in [0.1, 0.15) is 17.2 Å². The van der Waals surface area contributed by atoms with Gasteiger partial charge in [-0.25, -0.2) is 4.98 Å². The second-order valence-corrected chi connectivity index (χ2v) is 9.46. The number of tetrazole rings is 1. The van der Waals surface area contributed by atoms with Crippen molar-refractivity contribution in [2.24, 2.45) is 0 Å². The number of carbonyl (C=O) groups is 1. The quantitative estimate of drug-likeness (QED) is 0.214. The first-order valence-electron chi connectivity index (χ1n) is 11.6. The molecule has 0 radical (unpaired) electrons. The van der Waals surface area contributed by atoms with Gasteiger partial charge in [-0.05, 0) is 45.3 Å². The summed E-state index contributed by atoms with van der Waals surface area (Å²) in [7, 11) is 0. The number of fused-ring (bicyclic) bond motifs is 1. The monoisotopic (exact) mass is 567 g/mol. The SMILES string of the molecule is CCCCc1nc(Cl)c(CNC=O)n1Cc1ccc2oc(-c3ccccc3-c3nn[nH]n3)c(Br)c2c1.